The van der Waals surface area contributed by atoms with E-state index in [0.29, 0.717) is 40.0 Å². The van der Waals surface area contributed by atoms with E-state index in [1.165, 1.54) is 0 Å². The minimum atomic E-state index is -0.435. The van der Waals surface area contributed by atoms with Crippen molar-refractivity contribution in [1.82, 2.24) is 19.6 Å². The molecule has 0 spiro atoms. The van der Waals surface area contributed by atoms with E-state index >= 15 is 0 Å². The lowest BCUT2D eigenvalue weighted by Crippen LogP contribution is -2.23. The van der Waals surface area contributed by atoms with Gasteiger partial charge >= 0.3 is 5.97 Å². The number of ether oxygens (including phenoxy) is 1. The average Bonchev–Trinajstić information content (AvgIpc) is 3.00. The van der Waals surface area contributed by atoms with E-state index in [-0.39, 0.29) is 5.97 Å². The highest BCUT2D eigenvalue weighted by Crippen LogP contribution is 2.29. The van der Waals surface area contributed by atoms with Gasteiger partial charge in [0.2, 0.25) is 5.65 Å². The second-order valence-electron chi connectivity index (χ2n) is 7.95. The Hall–Kier alpha value is -2.12. The molecular formula is C20H25Cl2N5O2. The predicted molar refractivity (Wildman–Crippen MR) is 116 cm³/mol. The molecule has 0 aliphatic carbocycles. The maximum Gasteiger partial charge on any atom is 0.306 e. The van der Waals surface area contributed by atoms with Gasteiger partial charge in [0, 0.05) is 13.0 Å². The number of nitrogens with zero attached hydrogens (tertiary/aromatic N) is 4. The summed E-state index contributed by atoms with van der Waals surface area (Å²) in [7, 11) is 0. The Morgan fingerprint density at radius 2 is 1.86 bits per heavy atom. The molecule has 0 bridgehead atoms. The van der Waals surface area contributed by atoms with Crippen molar-refractivity contribution in [3.05, 3.63) is 28.0 Å². The SMILES string of the molecule is Cc1nnc2c(NCCCCCC(=O)OC(C)(C)C)nc3cc(Cl)c(Cl)cc3n12. The van der Waals surface area contributed by atoms with Crippen LogP contribution >= 0.6 is 23.2 Å². The average molecular weight is 438 g/mol. The molecule has 0 fully saturated rings. The van der Waals surface area contributed by atoms with E-state index in [1.807, 2.05) is 32.1 Å². The zero-order chi connectivity index (χ0) is 21.2. The smallest absolute Gasteiger partial charge is 0.306 e. The number of aryl methyl sites for hydroxylation is 1. The number of carbonyl (C=O) groups is 1. The molecule has 3 rings (SSSR count). The quantitative estimate of drug-likeness (QED) is 0.403. The highest BCUT2D eigenvalue weighted by Gasteiger charge is 2.16. The summed E-state index contributed by atoms with van der Waals surface area (Å²) in [6.07, 6.45) is 3.01. The van der Waals surface area contributed by atoms with Gasteiger partial charge in [-0.25, -0.2) is 4.98 Å². The van der Waals surface area contributed by atoms with E-state index in [0.717, 1.165) is 30.6 Å². The lowest BCUT2D eigenvalue weighted by Gasteiger charge is -2.19. The first-order chi connectivity index (χ1) is 13.7. The third-order valence-electron chi connectivity index (χ3n) is 4.30. The number of carbonyl (C=O) groups excluding carboxylic acids is 1. The van der Waals surface area contributed by atoms with Crippen LogP contribution in [0.15, 0.2) is 12.1 Å². The normalized spacial score (nSPS) is 11.9. The molecule has 0 atom stereocenters. The number of anilines is 1. The predicted octanol–water partition coefficient (Wildman–Crippen LogP) is 5.21. The van der Waals surface area contributed by atoms with Crippen LogP contribution in [0.25, 0.3) is 16.7 Å². The van der Waals surface area contributed by atoms with Gasteiger partial charge in [-0.15, -0.1) is 10.2 Å². The molecular weight excluding hydrogens is 413 g/mol. The van der Waals surface area contributed by atoms with E-state index in [4.69, 9.17) is 27.9 Å². The van der Waals surface area contributed by atoms with E-state index in [9.17, 15) is 4.79 Å². The Labute approximate surface area is 179 Å². The maximum atomic E-state index is 11.8. The number of unbranched alkanes of at least 4 members (excludes halogenated alkanes) is 2. The molecule has 1 N–H and O–H groups in total. The molecule has 29 heavy (non-hydrogen) atoms. The van der Waals surface area contributed by atoms with Crippen LogP contribution in [0.3, 0.4) is 0 Å². The van der Waals surface area contributed by atoms with Crippen LogP contribution < -0.4 is 5.32 Å². The van der Waals surface area contributed by atoms with Crippen LogP contribution in [0.4, 0.5) is 5.82 Å². The third-order valence-corrected chi connectivity index (χ3v) is 5.02. The minimum absolute atomic E-state index is 0.155. The van der Waals surface area contributed by atoms with E-state index < -0.39 is 5.60 Å². The van der Waals surface area contributed by atoms with Crippen molar-refractivity contribution in [3.63, 3.8) is 0 Å². The molecule has 156 valence electrons. The van der Waals surface area contributed by atoms with Crippen molar-refractivity contribution >= 4 is 51.7 Å². The number of halogens is 2. The fourth-order valence-electron chi connectivity index (χ4n) is 3.06. The van der Waals surface area contributed by atoms with Gasteiger partial charge in [-0.3, -0.25) is 9.20 Å². The summed E-state index contributed by atoms with van der Waals surface area (Å²) < 4.78 is 7.23. The number of fused-ring (bicyclic) bond motifs is 3. The molecule has 0 saturated carbocycles. The molecule has 2 heterocycles. The Kier molecular flexibility index (Phi) is 6.49. The van der Waals surface area contributed by atoms with Crippen LogP contribution in [-0.2, 0) is 9.53 Å². The lowest BCUT2D eigenvalue weighted by atomic mass is 10.1. The van der Waals surface area contributed by atoms with Gasteiger partial charge in [-0.1, -0.05) is 29.6 Å². The van der Waals surface area contributed by atoms with Gasteiger partial charge in [0.25, 0.3) is 0 Å². The summed E-state index contributed by atoms with van der Waals surface area (Å²) in [5, 5.41) is 12.6. The number of rotatable bonds is 7. The lowest BCUT2D eigenvalue weighted by molar-refractivity contribution is -0.154. The zero-order valence-corrected chi connectivity index (χ0v) is 18.6. The molecule has 7 nitrogen and oxygen atoms in total. The number of benzene rings is 1. The molecule has 0 aliphatic heterocycles. The molecule has 0 radical (unpaired) electrons. The fourth-order valence-corrected chi connectivity index (χ4v) is 3.37. The van der Waals surface area contributed by atoms with Gasteiger partial charge in [-0.2, -0.15) is 0 Å². The molecule has 0 unspecified atom stereocenters. The van der Waals surface area contributed by atoms with Gasteiger partial charge in [0.05, 0.1) is 21.1 Å². The molecule has 0 amide bonds. The van der Waals surface area contributed by atoms with Crippen molar-refractivity contribution in [3.8, 4) is 0 Å². The first kappa shape index (κ1) is 21.6. The second-order valence-corrected chi connectivity index (χ2v) is 8.76. The monoisotopic (exact) mass is 437 g/mol. The number of hydrogen-bond donors (Lipinski definition) is 1. The highest BCUT2D eigenvalue weighted by atomic mass is 35.5. The summed E-state index contributed by atoms with van der Waals surface area (Å²) in [6, 6.07) is 3.51. The van der Waals surface area contributed by atoms with Crippen molar-refractivity contribution < 1.29 is 9.53 Å². The summed E-state index contributed by atoms with van der Waals surface area (Å²) >= 11 is 12.3. The number of aromatic nitrogens is 4. The summed E-state index contributed by atoms with van der Waals surface area (Å²) in [5.41, 5.74) is 1.72. The van der Waals surface area contributed by atoms with Gasteiger partial charge in [0.1, 0.15) is 11.4 Å². The topological polar surface area (TPSA) is 81.4 Å². The molecule has 3 aromatic rings. The van der Waals surface area contributed by atoms with Crippen molar-refractivity contribution in [2.24, 2.45) is 0 Å². The summed E-state index contributed by atoms with van der Waals surface area (Å²) in [4.78, 5) is 16.4. The first-order valence-corrected chi connectivity index (χ1v) is 10.4. The van der Waals surface area contributed by atoms with Crippen molar-refractivity contribution in [1.29, 1.82) is 0 Å². The van der Waals surface area contributed by atoms with Gasteiger partial charge in [-0.05, 0) is 52.7 Å². The fraction of sp³-hybridized carbons (Fsp3) is 0.500. The third kappa shape index (κ3) is 5.28. The van der Waals surface area contributed by atoms with Crippen molar-refractivity contribution in [2.75, 3.05) is 11.9 Å². The number of hydrogen-bond acceptors (Lipinski definition) is 6. The van der Waals surface area contributed by atoms with Crippen LogP contribution in [-0.4, -0.2) is 37.7 Å². The first-order valence-electron chi connectivity index (χ1n) is 9.62. The Bertz CT molecular complexity index is 1040. The molecule has 0 saturated heterocycles. The van der Waals surface area contributed by atoms with Crippen LogP contribution in [0.5, 0.6) is 0 Å². The maximum absolute atomic E-state index is 11.8. The van der Waals surface area contributed by atoms with Crippen LogP contribution in [0, 0.1) is 6.92 Å². The van der Waals surface area contributed by atoms with E-state index in [2.05, 4.69) is 20.5 Å². The number of esters is 1. The van der Waals surface area contributed by atoms with Crippen LogP contribution in [0.1, 0.15) is 52.3 Å². The minimum Gasteiger partial charge on any atom is -0.460 e. The standard InChI is InChI=1S/C20H25Cl2N5O2/c1-12-25-26-19-18(23-9-7-5-6-8-17(28)29-20(2,3)4)24-15-10-13(21)14(22)11-16(15)27(12)19/h10-11H,5-9H2,1-4H3,(H,23,24). The Balaban J connectivity index is 1.63. The molecule has 9 heteroatoms. The van der Waals surface area contributed by atoms with Gasteiger partial charge in [0.15, 0.2) is 5.82 Å². The highest BCUT2D eigenvalue weighted by molar-refractivity contribution is 6.42. The zero-order valence-electron chi connectivity index (χ0n) is 17.1. The largest absolute Gasteiger partial charge is 0.460 e. The van der Waals surface area contributed by atoms with Gasteiger partial charge < -0.3 is 10.1 Å². The van der Waals surface area contributed by atoms with E-state index in [1.54, 1.807) is 12.1 Å². The second kappa shape index (κ2) is 8.71. The van der Waals surface area contributed by atoms with Crippen LogP contribution in [0.2, 0.25) is 10.0 Å². The molecule has 2 aromatic heterocycles. The Morgan fingerprint density at radius 3 is 2.59 bits per heavy atom. The number of nitrogens with one attached hydrogen (secondary N) is 1. The summed E-state index contributed by atoms with van der Waals surface area (Å²) in [5.74, 6) is 1.23. The molecule has 0 aliphatic rings. The summed E-state index contributed by atoms with van der Waals surface area (Å²) in [6.45, 7) is 8.20. The Morgan fingerprint density at radius 1 is 1.14 bits per heavy atom. The van der Waals surface area contributed by atoms with Crippen molar-refractivity contribution in [2.45, 2.75) is 59.0 Å². The molecule has 1 aromatic carbocycles.